The number of anilines is 5. The third-order valence-electron chi connectivity index (χ3n) is 10.5. The van der Waals surface area contributed by atoms with E-state index >= 15 is 0 Å². The molecule has 1 aliphatic rings. The van der Waals surface area contributed by atoms with Gasteiger partial charge in [-0.15, -0.1) is 11.3 Å². The molecule has 8 aromatic carbocycles. The van der Waals surface area contributed by atoms with Crippen molar-refractivity contribution in [1.29, 1.82) is 0 Å². The van der Waals surface area contributed by atoms with Crippen LogP contribution in [0.2, 0.25) is 0 Å². The summed E-state index contributed by atoms with van der Waals surface area (Å²) in [5.74, 6) is 0. The second kappa shape index (κ2) is 12.4. The predicted molar refractivity (Wildman–Crippen MR) is 221 cm³/mol. The summed E-state index contributed by atoms with van der Waals surface area (Å²) in [6.07, 6.45) is 0. The molecular weight excluding hydrogens is 649 g/mol. The molecular formula is C49H34N2S. The van der Waals surface area contributed by atoms with Gasteiger partial charge in [-0.05, 0) is 100 Å². The molecule has 10 rings (SSSR count). The lowest BCUT2D eigenvalue weighted by molar-refractivity contribution is 0.768. The van der Waals surface area contributed by atoms with Gasteiger partial charge in [-0.3, -0.25) is 0 Å². The normalized spacial score (nSPS) is 12.8. The molecule has 0 saturated carbocycles. The summed E-state index contributed by atoms with van der Waals surface area (Å²) in [4.78, 5) is 2.37. The van der Waals surface area contributed by atoms with Gasteiger partial charge in [0.15, 0.2) is 0 Å². The van der Waals surface area contributed by atoms with E-state index in [4.69, 9.17) is 0 Å². The molecule has 0 aliphatic heterocycles. The van der Waals surface area contributed by atoms with E-state index in [1.807, 2.05) is 11.3 Å². The van der Waals surface area contributed by atoms with Crippen LogP contribution >= 0.6 is 11.3 Å². The SMILES string of the molecule is c1ccc(N(c2ccccc2)c2cccc3sc4ccc(Nc5ccc6c(c5)-c5ccccc5C6(c5ccccc5)c5ccccc5)cc4c23)cc1. The predicted octanol–water partition coefficient (Wildman–Crippen LogP) is 13.6. The molecule has 1 N–H and O–H groups in total. The van der Waals surface area contributed by atoms with Crippen LogP contribution in [0.15, 0.2) is 200 Å². The van der Waals surface area contributed by atoms with Gasteiger partial charge >= 0.3 is 0 Å². The maximum atomic E-state index is 3.82. The van der Waals surface area contributed by atoms with Gasteiger partial charge in [-0.1, -0.05) is 133 Å². The summed E-state index contributed by atoms with van der Waals surface area (Å²) in [5.41, 5.74) is 12.9. The van der Waals surface area contributed by atoms with Gasteiger partial charge in [0.2, 0.25) is 0 Å². The Bertz CT molecular complexity index is 2620. The number of fused-ring (bicyclic) bond motifs is 6. The monoisotopic (exact) mass is 682 g/mol. The summed E-state index contributed by atoms with van der Waals surface area (Å²) in [5, 5.41) is 6.33. The van der Waals surface area contributed by atoms with Crippen molar-refractivity contribution in [2.45, 2.75) is 5.41 Å². The summed E-state index contributed by atoms with van der Waals surface area (Å²) in [6.45, 7) is 0. The van der Waals surface area contributed by atoms with Crippen LogP contribution in [0.25, 0.3) is 31.3 Å². The number of thiophene rings is 1. The molecule has 9 aromatic rings. The first kappa shape index (κ1) is 30.4. The highest BCUT2D eigenvalue weighted by Crippen LogP contribution is 2.56. The Balaban J connectivity index is 1.10. The highest BCUT2D eigenvalue weighted by molar-refractivity contribution is 7.26. The molecule has 1 aromatic heterocycles. The molecule has 0 spiro atoms. The standard InChI is InChI=1S/C49H34N2S/c1-5-16-34(17-6-1)49(35-18-7-2-8-19-35)43-25-14-13-24-40(43)41-32-36(28-30-44(41)49)50-37-29-31-46-42(33-37)48-45(26-15-27-47(48)52-46)51(38-20-9-3-10-21-38)39-22-11-4-12-23-39/h1-33,50H. The van der Waals surface area contributed by atoms with Crippen molar-refractivity contribution in [2.24, 2.45) is 0 Å². The number of benzene rings is 8. The van der Waals surface area contributed by atoms with Gasteiger partial charge in [0.25, 0.3) is 0 Å². The molecule has 246 valence electrons. The average Bonchev–Trinajstić information content (AvgIpc) is 3.73. The van der Waals surface area contributed by atoms with E-state index in [-0.39, 0.29) is 0 Å². The van der Waals surface area contributed by atoms with Crippen LogP contribution in [0.5, 0.6) is 0 Å². The molecule has 0 radical (unpaired) electrons. The van der Waals surface area contributed by atoms with E-state index in [9.17, 15) is 0 Å². The second-order valence-electron chi connectivity index (χ2n) is 13.4. The molecule has 0 atom stereocenters. The van der Waals surface area contributed by atoms with Crippen LogP contribution in [0, 0.1) is 0 Å². The third-order valence-corrected chi connectivity index (χ3v) is 11.6. The minimum Gasteiger partial charge on any atom is -0.355 e. The third kappa shape index (κ3) is 4.78. The van der Waals surface area contributed by atoms with Gasteiger partial charge in [-0.25, -0.2) is 0 Å². The van der Waals surface area contributed by atoms with E-state index in [1.165, 1.54) is 59.2 Å². The zero-order valence-electron chi connectivity index (χ0n) is 28.4. The molecule has 3 heteroatoms. The Kier molecular flexibility index (Phi) is 7.26. The van der Waals surface area contributed by atoms with E-state index in [0.29, 0.717) is 0 Å². The summed E-state index contributed by atoms with van der Waals surface area (Å²) in [7, 11) is 0. The minimum atomic E-state index is -0.402. The lowest BCUT2D eigenvalue weighted by Gasteiger charge is -2.33. The molecule has 1 aliphatic carbocycles. The number of nitrogens with one attached hydrogen (secondary N) is 1. The minimum absolute atomic E-state index is 0.402. The molecule has 0 unspecified atom stereocenters. The van der Waals surface area contributed by atoms with Crippen molar-refractivity contribution in [3.8, 4) is 11.1 Å². The van der Waals surface area contributed by atoms with Crippen molar-refractivity contribution in [3.05, 3.63) is 222 Å². The fourth-order valence-electron chi connectivity index (χ4n) is 8.35. The zero-order valence-corrected chi connectivity index (χ0v) is 29.2. The fourth-order valence-corrected chi connectivity index (χ4v) is 9.45. The Morgan fingerprint density at radius 3 is 1.65 bits per heavy atom. The summed E-state index contributed by atoms with van der Waals surface area (Å²) < 4.78 is 2.54. The van der Waals surface area contributed by atoms with Gasteiger partial charge in [0, 0.05) is 42.9 Å². The average molecular weight is 683 g/mol. The summed E-state index contributed by atoms with van der Waals surface area (Å²) in [6, 6.07) is 72.6. The van der Waals surface area contributed by atoms with Gasteiger partial charge in [0.05, 0.1) is 11.1 Å². The summed E-state index contributed by atoms with van der Waals surface area (Å²) >= 11 is 1.85. The first-order valence-corrected chi connectivity index (χ1v) is 18.6. The Labute approximate surface area is 307 Å². The van der Waals surface area contributed by atoms with Gasteiger partial charge in [0.1, 0.15) is 0 Å². The Morgan fingerprint density at radius 1 is 0.423 bits per heavy atom. The molecule has 0 bridgehead atoms. The highest BCUT2D eigenvalue weighted by Gasteiger charge is 2.45. The maximum absolute atomic E-state index is 3.82. The Morgan fingerprint density at radius 2 is 0.981 bits per heavy atom. The highest BCUT2D eigenvalue weighted by atomic mass is 32.1. The van der Waals surface area contributed by atoms with Crippen LogP contribution in [-0.4, -0.2) is 0 Å². The zero-order chi connectivity index (χ0) is 34.5. The first-order valence-electron chi connectivity index (χ1n) is 17.8. The van der Waals surface area contributed by atoms with Crippen molar-refractivity contribution in [2.75, 3.05) is 10.2 Å². The molecule has 2 nitrogen and oxygen atoms in total. The van der Waals surface area contributed by atoms with Gasteiger partial charge in [-0.2, -0.15) is 0 Å². The lowest BCUT2D eigenvalue weighted by atomic mass is 9.68. The number of hydrogen-bond acceptors (Lipinski definition) is 3. The number of nitrogens with zero attached hydrogens (tertiary/aromatic N) is 1. The quantitative estimate of drug-likeness (QED) is 0.180. The topological polar surface area (TPSA) is 15.3 Å². The van der Waals surface area contributed by atoms with Crippen molar-refractivity contribution in [1.82, 2.24) is 0 Å². The van der Waals surface area contributed by atoms with Crippen molar-refractivity contribution >= 4 is 59.9 Å². The fraction of sp³-hybridized carbons (Fsp3) is 0.0204. The lowest BCUT2D eigenvalue weighted by Crippen LogP contribution is -2.28. The molecule has 1 heterocycles. The number of para-hydroxylation sites is 2. The maximum Gasteiger partial charge on any atom is 0.0713 e. The largest absolute Gasteiger partial charge is 0.355 e. The smallest absolute Gasteiger partial charge is 0.0713 e. The Hall–Kier alpha value is -6.42. The van der Waals surface area contributed by atoms with E-state index in [1.54, 1.807) is 0 Å². The van der Waals surface area contributed by atoms with Crippen molar-refractivity contribution < 1.29 is 0 Å². The van der Waals surface area contributed by atoms with Crippen LogP contribution in [0.4, 0.5) is 28.4 Å². The molecule has 0 saturated heterocycles. The van der Waals surface area contributed by atoms with Crippen LogP contribution < -0.4 is 10.2 Å². The molecule has 0 amide bonds. The molecule has 0 fully saturated rings. The van der Waals surface area contributed by atoms with Crippen LogP contribution in [-0.2, 0) is 5.41 Å². The van der Waals surface area contributed by atoms with Crippen molar-refractivity contribution in [3.63, 3.8) is 0 Å². The van der Waals surface area contributed by atoms with Crippen LogP contribution in [0.1, 0.15) is 22.3 Å². The van der Waals surface area contributed by atoms with Gasteiger partial charge < -0.3 is 10.2 Å². The molecule has 52 heavy (non-hydrogen) atoms. The van der Waals surface area contributed by atoms with E-state index in [0.717, 1.165) is 22.7 Å². The number of rotatable bonds is 7. The van der Waals surface area contributed by atoms with E-state index < -0.39 is 5.41 Å². The van der Waals surface area contributed by atoms with E-state index in [2.05, 4.69) is 210 Å². The number of hydrogen-bond donors (Lipinski definition) is 1. The second-order valence-corrected chi connectivity index (χ2v) is 14.5. The first-order chi connectivity index (χ1) is 25.8. The van der Waals surface area contributed by atoms with Crippen LogP contribution in [0.3, 0.4) is 0 Å².